The van der Waals surface area contributed by atoms with Gasteiger partial charge in [-0.15, -0.1) is 0 Å². The zero-order valence-corrected chi connectivity index (χ0v) is 9.07. The highest BCUT2D eigenvalue weighted by atomic mass is 32.2. The van der Waals surface area contributed by atoms with Crippen molar-refractivity contribution in [1.82, 2.24) is 0 Å². The van der Waals surface area contributed by atoms with E-state index in [9.17, 15) is 0 Å². The van der Waals surface area contributed by atoms with E-state index >= 15 is 0 Å². The maximum Gasteiger partial charge on any atom is 0.0533 e. The highest BCUT2D eigenvalue weighted by Crippen LogP contribution is 2.31. The molecule has 0 spiro atoms. The summed E-state index contributed by atoms with van der Waals surface area (Å²) >= 11 is 8.67. The quantitative estimate of drug-likeness (QED) is 0.528. The zero-order valence-electron chi connectivity index (χ0n) is 7.28. The van der Waals surface area contributed by atoms with Gasteiger partial charge in [-0.2, -0.15) is 25.3 Å². The van der Waals surface area contributed by atoms with Crippen LogP contribution in [0.4, 0.5) is 0 Å². The summed E-state index contributed by atoms with van der Waals surface area (Å²) in [5.41, 5.74) is 1.12. The second kappa shape index (κ2) is 3.75. The lowest BCUT2D eigenvalue weighted by atomic mass is 9.86. The molecule has 1 rings (SSSR count). The van der Waals surface area contributed by atoms with E-state index in [1.54, 1.807) is 0 Å². The molecule has 0 unspecified atom stereocenters. The molecule has 0 nitrogen and oxygen atoms in total. The molecule has 0 fully saturated rings. The Balaban J connectivity index is 2.98. The molecule has 65 valence electrons. The Labute approximate surface area is 85.2 Å². The van der Waals surface area contributed by atoms with Gasteiger partial charge < -0.3 is 0 Å². The van der Waals surface area contributed by atoms with E-state index in [-0.39, 0.29) is 10.00 Å². The van der Waals surface area contributed by atoms with Crippen LogP contribution in [0.2, 0.25) is 0 Å². The molecule has 1 aromatic carbocycles. The van der Waals surface area contributed by atoms with E-state index in [4.69, 9.17) is 0 Å². The van der Waals surface area contributed by atoms with E-state index < -0.39 is 0 Å². The molecule has 0 aliphatic rings. The Bertz CT molecular complexity index is 239. The molecule has 0 saturated carbocycles. The van der Waals surface area contributed by atoms with Crippen LogP contribution in [0.1, 0.15) is 19.4 Å². The lowest BCUT2D eigenvalue weighted by Crippen LogP contribution is -2.25. The van der Waals surface area contributed by atoms with E-state index in [0.29, 0.717) is 0 Å². The first-order valence-electron chi connectivity index (χ1n) is 3.88. The fourth-order valence-electron chi connectivity index (χ4n) is 0.933. The lowest BCUT2D eigenvalue weighted by Gasteiger charge is -2.27. The SMILES string of the molecule is CC(C)(c1[c]cccc1)C(S)S. The molecule has 0 N–H and O–H groups in total. The summed E-state index contributed by atoms with van der Waals surface area (Å²) in [7, 11) is 0. The lowest BCUT2D eigenvalue weighted by molar-refractivity contribution is 0.581. The highest BCUT2D eigenvalue weighted by molar-refractivity contribution is 7.99. The number of benzene rings is 1. The molecule has 0 atom stereocenters. The summed E-state index contributed by atoms with van der Waals surface area (Å²) in [6.07, 6.45) is 0. The van der Waals surface area contributed by atoms with Crippen LogP contribution in [0.15, 0.2) is 24.3 Å². The zero-order chi connectivity index (χ0) is 9.19. The first kappa shape index (κ1) is 10.0. The van der Waals surface area contributed by atoms with Gasteiger partial charge in [-0.1, -0.05) is 38.1 Å². The molecule has 0 bridgehead atoms. The predicted molar refractivity (Wildman–Crippen MR) is 60.1 cm³/mol. The third kappa shape index (κ3) is 1.99. The van der Waals surface area contributed by atoms with Crippen molar-refractivity contribution in [3.05, 3.63) is 35.9 Å². The van der Waals surface area contributed by atoms with Gasteiger partial charge in [0.25, 0.3) is 0 Å². The monoisotopic (exact) mass is 197 g/mol. The van der Waals surface area contributed by atoms with E-state index in [1.807, 2.05) is 18.2 Å². The van der Waals surface area contributed by atoms with Gasteiger partial charge in [-0.05, 0) is 11.6 Å². The first-order chi connectivity index (χ1) is 5.55. The van der Waals surface area contributed by atoms with Crippen molar-refractivity contribution in [3.63, 3.8) is 0 Å². The van der Waals surface area contributed by atoms with Gasteiger partial charge in [0.05, 0.1) is 4.58 Å². The van der Waals surface area contributed by atoms with Gasteiger partial charge in [0.1, 0.15) is 0 Å². The number of hydrogen-bond acceptors (Lipinski definition) is 2. The molecule has 0 aliphatic heterocycles. The Morgan fingerprint density at radius 2 is 2.00 bits per heavy atom. The van der Waals surface area contributed by atoms with Crippen LogP contribution >= 0.6 is 25.3 Å². The minimum absolute atomic E-state index is 0.0342. The Morgan fingerprint density at radius 3 is 2.42 bits per heavy atom. The molecule has 0 aromatic heterocycles. The van der Waals surface area contributed by atoms with Crippen LogP contribution in [0.5, 0.6) is 0 Å². The largest absolute Gasteiger partial charge is 0.164 e. The Hall–Kier alpha value is -0.0800. The summed E-state index contributed by atoms with van der Waals surface area (Å²) in [6, 6.07) is 11.1. The smallest absolute Gasteiger partial charge is 0.0533 e. The fourth-order valence-corrected chi connectivity index (χ4v) is 1.21. The molecule has 1 radical (unpaired) electrons. The van der Waals surface area contributed by atoms with Gasteiger partial charge in [0.2, 0.25) is 0 Å². The van der Waals surface area contributed by atoms with Gasteiger partial charge in [0.15, 0.2) is 0 Å². The van der Waals surface area contributed by atoms with E-state index in [2.05, 4.69) is 51.2 Å². The number of thiol groups is 2. The van der Waals surface area contributed by atoms with E-state index in [1.165, 1.54) is 0 Å². The minimum Gasteiger partial charge on any atom is -0.164 e. The van der Waals surface area contributed by atoms with Crippen molar-refractivity contribution in [2.45, 2.75) is 23.8 Å². The van der Waals surface area contributed by atoms with Gasteiger partial charge in [-0.25, -0.2) is 0 Å². The first-order valence-corrected chi connectivity index (χ1v) is 4.92. The number of rotatable bonds is 2. The summed E-state index contributed by atoms with van der Waals surface area (Å²) in [6.45, 7) is 4.23. The normalized spacial score (nSPS) is 12.1. The van der Waals surface area contributed by atoms with Crippen molar-refractivity contribution in [2.24, 2.45) is 0 Å². The van der Waals surface area contributed by atoms with Crippen LogP contribution < -0.4 is 0 Å². The predicted octanol–water partition coefficient (Wildman–Crippen LogP) is 2.95. The van der Waals surface area contributed by atoms with Gasteiger partial charge in [-0.3, -0.25) is 0 Å². The van der Waals surface area contributed by atoms with Crippen LogP contribution in [0.25, 0.3) is 0 Å². The van der Waals surface area contributed by atoms with Gasteiger partial charge in [0, 0.05) is 5.41 Å². The van der Waals surface area contributed by atoms with Crippen LogP contribution in [0.3, 0.4) is 0 Å². The van der Waals surface area contributed by atoms with Crippen LogP contribution in [-0.2, 0) is 5.41 Å². The summed E-state index contributed by atoms with van der Waals surface area (Å²) in [5.74, 6) is 0. The standard InChI is InChI=1S/C10H13S2/c1-10(2,9(11)12)8-6-4-3-5-7-8/h3-6,9,11-12H,1-2H3. The molecular weight excluding hydrogens is 184 g/mol. The topological polar surface area (TPSA) is 0 Å². The summed E-state index contributed by atoms with van der Waals surface area (Å²) < 4.78 is 0.0381. The third-order valence-electron chi connectivity index (χ3n) is 2.05. The maximum atomic E-state index is 4.33. The molecule has 2 heteroatoms. The molecular formula is C10H13S2. The second-order valence-electron chi connectivity index (χ2n) is 3.37. The van der Waals surface area contributed by atoms with Gasteiger partial charge >= 0.3 is 0 Å². The Kier molecular flexibility index (Phi) is 3.13. The van der Waals surface area contributed by atoms with Crippen molar-refractivity contribution in [3.8, 4) is 0 Å². The van der Waals surface area contributed by atoms with Crippen molar-refractivity contribution in [2.75, 3.05) is 0 Å². The minimum atomic E-state index is -0.0342. The highest BCUT2D eigenvalue weighted by Gasteiger charge is 2.25. The third-order valence-corrected chi connectivity index (χ3v) is 3.34. The van der Waals surface area contributed by atoms with E-state index in [0.717, 1.165) is 5.56 Å². The summed E-state index contributed by atoms with van der Waals surface area (Å²) in [5, 5.41) is 0. The molecule has 0 saturated heterocycles. The van der Waals surface area contributed by atoms with Crippen LogP contribution in [0, 0.1) is 6.07 Å². The van der Waals surface area contributed by atoms with Crippen molar-refractivity contribution >= 4 is 25.3 Å². The second-order valence-corrected chi connectivity index (χ2v) is 4.81. The summed E-state index contributed by atoms with van der Waals surface area (Å²) in [4.78, 5) is 0. The molecule has 0 heterocycles. The molecule has 0 amide bonds. The maximum absolute atomic E-state index is 4.33. The fraction of sp³-hybridized carbons (Fsp3) is 0.400. The molecule has 1 aromatic rings. The molecule has 12 heavy (non-hydrogen) atoms. The molecule has 0 aliphatic carbocycles. The average molecular weight is 197 g/mol. The van der Waals surface area contributed by atoms with Crippen molar-refractivity contribution < 1.29 is 0 Å². The van der Waals surface area contributed by atoms with Crippen molar-refractivity contribution in [1.29, 1.82) is 0 Å². The average Bonchev–Trinajstić information content (AvgIpc) is 2.06. The Morgan fingerprint density at radius 1 is 1.33 bits per heavy atom. The van der Waals surface area contributed by atoms with Crippen LogP contribution in [-0.4, -0.2) is 4.58 Å². The number of hydrogen-bond donors (Lipinski definition) is 2.